The van der Waals surface area contributed by atoms with E-state index < -0.39 is 0 Å². The number of fused-ring (bicyclic) bond motifs is 4. The lowest BCUT2D eigenvalue weighted by atomic mass is 9.89. The van der Waals surface area contributed by atoms with Crippen LogP contribution in [0.2, 0.25) is 0 Å². The lowest BCUT2D eigenvalue weighted by Gasteiger charge is -2.16. The molecule has 4 fully saturated rings. The van der Waals surface area contributed by atoms with Crippen LogP contribution >= 0.6 is 0 Å². The van der Waals surface area contributed by atoms with Gasteiger partial charge in [0, 0.05) is 0 Å². The first-order valence-corrected chi connectivity index (χ1v) is 7.40. The van der Waals surface area contributed by atoms with Gasteiger partial charge in [0.05, 0.1) is 0 Å². The zero-order valence-corrected chi connectivity index (χ0v) is 10.1. The normalized spacial score (nSPS) is 46.4. The number of rotatable bonds is 0. The maximum Gasteiger partial charge on any atom is -0.0411 e. The maximum absolute atomic E-state index is 1.58. The van der Waals surface area contributed by atoms with Crippen molar-refractivity contribution in [3.63, 3.8) is 0 Å². The molecule has 0 saturated heterocycles. The van der Waals surface area contributed by atoms with Crippen LogP contribution in [0.5, 0.6) is 0 Å². The number of hydrogen-bond acceptors (Lipinski definition) is 0. The van der Waals surface area contributed by atoms with Gasteiger partial charge in [-0.2, -0.15) is 0 Å². The Morgan fingerprint density at radius 2 is 0.733 bits per heavy atom. The molecule has 2 unspecified atom stereocenters. The molecule has 4 saturated carbocycles. The molecule has 0 aliphatic heterocycles. The zero-order chi connectivity index (χ0) is 10.1. The van der Waals surface area contributed by atoms with E-state index in [0.29, 0.717) is 0 Å². The lowest BCUT2D eigenvalue weighted by molar-refractivity contribution is 0.359. The third-order valence-electron chi connectivity index (χ3n) is 5.51. The van der Waals surface area contributed by atoms with Gasteiger partial charge in [-0.05, 0) is 36.5 Å². The van der Waals surface area contributed by atoms with Crippen molar-refractivity contribution in [3.05, 3.63) is 0 Å². The number of hydrogen-bond donors (Lipinski definition) is 0. The van der Waals surface area contributed by atoms with Gasteiger partial charge in [-0.1, -0.05) is 57.8 Å². The highest BCUT2D eigenvalue weighted by molar-refractivity contribution is 4.82. The molecule has 0 heterocycles. The van der Waals surface area contributed by atoms with Crippen molar-refractivity contribution in [1.29, 1.82) is 0 Å². The van der Waals surface area contributed by atoms with Gasteiger partial charge in [-0.25, -0.2) is 0 Å². The zero-order valence-electron chi connectivity index (χ0n) is 10.1. The fraction of sp³-hybridized carbons (Fsp3) is 1.00. The van der Waals surface area contributed by atoms with Crippen LogP contribution in [0.15, 0.2) is 0 Å². The Hall–Kier alpha value is 0. The molecular weight excluding hydrogens is 180 g/mol. The molecule has 86 valence electrons. The Kier molecular flexibility index (Phi) is 3.03. The predicted octanol–water partition coefficient (Wildman–Crippen LogP) is 4.78. The summed E-state index contributed by atoms with van der Waals surface area (Å²) >= 11 is 0. The van der Waals surface area contributed by atoms with Crippen LogP contribution in [-0.2, 0) is 0 Å². The van der Waals surface area contributed by atoms with Gasteiger partial charge in [-0.15, -0.1) is 0 Å². The Bertz CT molecular complexity index is 176. The molecular formula is C15H26. The Balaban J connectivity index is 0.0000000971. The second-order valence-corrected chi connectivity index (χ2v) is 6.60. The minimum absolute atomic E-state index is 1.16. The average molecular weight is 206 g/mol. The van der Waals surface area contributed by atoms with Crippen molar-refractivity contribution in [2.75, 3.05) is 0 Å². The molecule has 0 aromatic rings. The molecule has 0 heteroatoms. The average Bonchev–Trinajstić information content (AvgIpc) is 2.97. The van der Waals surface area contributed by atoms with E-state index in [1.165, 1.54) is 18.3 Å². The van der Waals surface area contributed by atoms with E-state index >= 15 is 0 Å². The van der Waals surface area contributed by atoms with E-state index in [0.717, 1.165) is 11.8 Å². The molecule has 4 rings (SSSR count). The van der Waals surface area contributed by atoms with Gasteiger partial charge in [0.15, 0.2) is 0 Å². The summed E-state index contributed by atoms with van der Waals surface area (Å²) in [5.74, 6) is 4.66. The van der Waals surface area contributed by atoms with Crippen LogP contribution < -0.4 is 0 Å². The first-order chi connectivity index (χ1) is 7.40. The van der Waals surface area contributed by atoms with Crippen LogP contribution in [0.3, 0.4) is 0 Å². The fourth-order valence-corrected chi connectivity index (χ4v) is 4.57. The van der Waals surface area contributed by atoms with Crippen molar-refractivity contribution < 1.29 is 0 Å². The quantitative estimate of drug-likeness (QED) is 0.535. The van der Waals surface area contributed by atoms with Gasteiger partial charge in [0.25, 0.3) is 0 Å². The van der Waals surface area contributed by atoms with E-state index in [1.54, 1.807) is 64.2 Å². The highest BCUT2D eigenvalue weighted by atomic mass is 14.4. The van der Waals surface area contributed by atoms with E-state index in [1.807, 2.05) is 0 Å². The van der Waals surface area contributed by atoms with Gasteiger partial charge in [0.2, 0.25) is 0 Å². The van der Waals surface area contributed by atoms with Gasteiger partial charge in [0.1, 0.15) is 0 Å². The second-order valence-electron chi connectivity index (χ2n) is 6.60. The first-order valence-electron chi connectivity index (χ1n) is 7.40. The third-order valence-corrected chi connectivity index (χ3v) is 5.51. The summed E-state index contributed by atoms with van der Waals surface area (Å²) in [6.45, 7) is 0. The van der Waals surface area contributed by atoms with Crippen LogP contribution in [-0.4, -0.2) is 0 Å². The Morgan fingerprint density at radius 3 is 1.00 bits per heavy atom. The molecule has 4 bridgehead atoms. The van der Waals surface area contributed by atoms with Crippen molar-refractivity contribution >= 4 is 0 Å². The standard InChI is InChI=1S/C8H14.C7H12/c1-2-7-4-5-8(3-1)6-7;1-2-7-4-3-6(1)5-7/h7-8H,1-6H2;6-7H,1-5H2. The third kappa shape index (κ3) is 2.40. The van der Waals surface area contributed by atoms with E-state index in [2.05, 4.69) is 0 Å². The first kappa shape index (κ1) is 10.2. The SMILES string of the molecule is C1CC2CCC(C1)C2.C1CC2CCC1C2. The molecule has 4 aliphatic carbocycles. The molecule has 0 radical (unpaired) electrons. The summed E-state index contributed by atoms with van der Waals surface area (Å²) < 4.78 is 0. The lowest BCUT2D eigenvalue weighted by Crippen LogP contribution is -2.03. The van der Waals surface area contributed by atoms with Crippen LogP contribution in [0.1, 0.15) is 70.6 Å². The summed E-state index contributed by atoms with van der Waals surface area (Å²) in [6.07, 6.45) is 17.2. The highest BCUT2D eigenvalue weighted by Crippen LogP contribution is 2.44. The molecule has 0 nitrogen and oxygen atoms in total. The summed E-state index contributed by atoms with van der Waals surface area (Å²) in [4.78, 5) is 0. The monoisotopic (exact) mass is 206 g/mol. The van der Waals surface area contributed by atoms with Crippen molar-refractivity contribution in [3.8, 4) is 0 Å². The van der Waals surface area contributed by atoms with E-state index in [4.69, 9.17) is 0 Å². The molecule has 0 aromatic heterocycles. The molecule has 0 spiro atoms. The largest absolute Gasteiger partial charge is 0.0528 e. The van der Waals surface area contributed by atoms with Crippen molar-refractivity contribution in [2.24, 2.45) is 23.7 Å². The second kappa shape index (κ2) is 4.47. The van der Waals surface area contributed by atoms with Gasteiger partial charge < -0.3 is 0 Å². The minimum atomic E-state index is 1.16. The molecule has 0 amide bonds. The summed E-state index contributed by atoms with van der Waals surface area (Å²) in [5, 5.41) is 0. The van der Waals surface area contributed by atoms with Gasteiger partial charge >= 0.3 is 0 Å². The van der Waals surface area contributed by atoms with Crippen molar-refractivity contribution in [2.45, 2.75) is 70.6 Å². The summed E-state index contributed by atoms with van der Waals surface area (Å²) in [5.41, 5.74) is 0. The van der Waals surface area contributed by atoms with Crippen molar-refractivity contribution in [1.82, 2.24) is 0 Å². The Labute approximate surface area is 94.8 Å². The molecule has 4 aliphatic rings. The summed E-state index contributed by atoms with van der Waals surface area (Å²) in [7, 11) is 0. The molecule has 15 heavy (non-hydrogen) atoms. The minimum Gasteiger partial charge on any atom is -0.0528 e. The predicted molar refractivity (Wildman–Crippen MR) is 64.7 cm³/mol. The van der Waals surface area contributed by atoms with E-state index in [9.17, 15) is 0 Å². The molecule has 0 aromatic carbocycles. The van der Waals surface area contributed by atoms with E-state index in [-0.39, 0.29) is 0 Å². The smallest absolute Gasteiger partial charge is 0.0411 e. The highest BCUT2D eigenvalue weighted by Gasteiger charge is 2.30. The van der Waals surface area contributed by atoms with Crippen LogP contribution in [0.25, 0.3) is 0 Å². The topological polar surface area (TPSA) is 0 Å². The van der Waals surface area contributed by atoms with Gasteiger partial charge in [-0.3, -0.25) is 0 Å². The van der Waals surface area contributed by atoms with Crippen LogP contribution in [0.4, 0.5) is 0 Å². The summed E-state index contributed by atoms with van der Waals surface area (Å²) in [6, 6.07) is 0. The maximum atomic E-state index is 1.58. The molecule has 0 N–H and O–H groups in total. The Morgan fingerprint density at radius 1 is 0.400 bits per heavy atom. The molecule has 2 atom stereocenters. The fourth-order valence-electron chi connectivity index (χ4n) is 4.57. The van der Waals surface area contributed by atoms with Crippen LogP contribution in [0, 0.1) is 23.7 Å².